The van der Waals surface area contributed by atoms with Crippen LogP contribution < -0.4 is 4.72 Å². The van der Waals surface area contributed by atoms with Crippen LogP contribution >= 0.6 is 0 Å². The summed E-state index contributed by atoms with van der Waals surface area (Å²) in [5.41, 5.74) is 2.17. The first-order valence-corrected chi connectivity index (χ1v) is 7.04. The van der Waals surface area contributed by atoms with Crippen molar-refractivity contribution in [1.29, 1.82) is 0 Å². The third-order valence-electron chi connectivity index (χ3n) is 2.49. The molecule has 1 N–H and O–H groups in total. The van der Waals surface area contributed by atoms with Crippen LogP contribution in [0.4, 0.5) is 5.69 Å². The van der Waals surface area contributed by atoms with Gasteiger partial charge in [-0.3, -0.25) is 9.71 Å². The highest BCUT2D eigenvalue weighted by molar-refractivity contribution is 7.92. The summed E-state index contributed by atoms with van der Waals surface area (Å²) in [7, 11) is -3.26. The van der Waals surface area contributed by atoms with E-state index in [0.29, 0.717) is 5.69 Å². The molecular weight excluding hydrogens is 236 g/mol. The van der Waals surface area contributed by atoms with E-state index in [1.165, 1.54) is 0 Å². The lowest BCUT2D eigenvalue weighted by molar-refractivity contribution is 0.602. The minimum atomic E-state index is -3.26. The van der Waals surface area contributed by atoms with Gasteiger partial charge in [0.15, 0.2) is 0 Å². The minimum Gasteiger partial charge on any atom is -0.283 e. The molecular formula is C12H14N2O2S. The van der Waals surface area contributed by atoms with E-state index in [9.17, 15) is 8.42 Å². The summed E-state index contributed by atoms with van der Waals surface area (Å²) in [5, 5.41) is 0.815. The Labute approximate surface area is 101 Å². The standard InChI is InChI=1S/C12H14N2O2S/c1-3-17(15,16)14-12-8-9(2)13-11-7-5-4-6-10(11)12/h4-8H,3H2,1-2H3,(H,13,14). The SMILES string of the molecule is CCS(=O)(=O)Nc1cc(C)nc2ccccc12. The Balaban J connectivity index is 2.60. The lowest BCUT2D eigenvalue weighted by atomic mass is 10.2. The predicted molar refractivity (Wildman–Crippen MR) is 69.6 cm³/mol. The first-order chi connectivity index (χ1) is 8.02. The molecule has 4 nitrogen and oxygen atoms in total. The highest BCUT2D eigenvalue weighted by Gasteiger charge is 2.10. The highest BCUT2D eigenvalue weighted by atomic mass is 32.2. The van der Waals surface area contributed by atoms with Crippen molar-refractivity contribution in [1.82, 2.24) is 4.98 Å². The number of aryl methyl sites for hydroxylation is 1. The number of para-hydroxylation sites is 1. The fourth-order valence-corrected chi connectivity index (χ4v) is 2.28. The van der Waals surface area contributed by atoms with Gasteiger partial charge in [0.25, 0.3) is 0 Å². The second-order valence-corrected chi connectivity index (χ2v) is 5.84. The van der Waals surface area contributed by atoms with Gasteiger partial charge >= 0.3 is 0 Å². The van der Waals surface area contributed by atoms with Crippen molar-refractivity contribution in [3.63, 3.8) is 0 Å². The Morgan fingerprint density at radius 1 is 1.29 bits per heavy atom. The van der Waals surface area contributed by atoms with E-state index in [1.807, 2.05) is 31.2 Å². The molecule has 0 radical (unpaired) electrons. The van der Waals surface area contributed by atoms with Crippen molar-refractivity contribution in [2.75, 3.05) is 10.5 Å². The van der Waals surface area contributed by atoms with Crippen LogP contribution in [0, 0.1) is 6.92 Å². The number of rotatable bonds is 3. The maximum Gasteiger partial charge on any atom is 0.232 e. The molecule has 0 aliphatic rings. The molecule has 0 amide bonds. The first kappa shape index (κ1) is 11.9. The van der Waals surface area contributed by atoms with Crippen molar-refractivity contribution in [2.24, 2.45) is 0 Å². The minimum absolute atomic E-state index is 0.0582. The quantitative estimate of drug-likeness (QED) is 0.909. The molecule has 90 valence electrons. The predicted octanol–water partition coefficient (Wildman–Crippen LogP) is 2.30. The van der Waals surface area contributed by atoms with Crippen molar-refractivity contribution in [3.05, 3.63) is 36.0 Å². The summed E-state index contributed by atoms with van der Waals surface area (Å²) < 4.78 is 25.8. The number of fused-ring (bicyclic) bond motifs is 1. The van der Waals surface area contributed by atoms with Gasteiger partial charge in [0.2, 0.25) is 10.0 Å². The zero-order valence-corrected chi connectivity index (χ0v) is 10.6. The Morgan fingerprint density at radius 2 is 2.00 bits per heavy atom. The van der Waals surface area contributed by atoms with Gasteiger partial charge in [0.1, 0.15) is 0 Å². The second-order valence-electron chi connectivity index (χ2n) is 3.83. The van der Waals surface area contributed by atoms with Crippen LogP contribution in [-0.4, -0.2) is 19.2 Å². The zero-order valence-electron chi connectivity index (χ0n) is 9.77. The number of anilines is 1. The molecule has 1 aromatic carbocycles. The summed E-state index contributed by atoms with van der Waals surface area (Å²) in [5.74, 6) is 0.0582. The Bertz CT molecular complexity index is 651. The molecule has 17 heavy (non-hydrogen) atoms. The van der Waals surface area contributed by atoms with Crippen LogP contribution in [0.2, 0.25) is 0 Å². The molecule has 0 bridgehead atoms. The molecule has 0 saturated carbocycles. The smallest absolute Gasteiger partial charge is 0.232 e. The maximum absolute atomic E-state index is 11.6. The van der Waals surface area contributed by atoms with E-state index in [-0.39, 0.29) is 5.75 Å². The van der Waals surface area contributed by atoms with Crippen molar-refractivity contribution < 1.29 is 8.42 Å². The molecule has 5 heteroatoms. The fourth-order valence-electron chi connectivity index (χ4n) is 1.63. The van der Waals surface area contributed by atoms with Gasteiger partial charge in [-0.2, -0.15) is 0 Å². The molecule has 0 saturated heterocycles. The summed E-state index contributed by atoms with van der Waals surface area (Å²) in [4.78, 5) is 4.36. The molecule has 0 aliphatic carbocycles. The van der Waals surface area contributed by atoms with Crippen LogP contribution in [0.15, 0.2) is 30.3 Å². The van der Waals surface area contributed by atoms with Gasteiger partial charge < -0.3 is 0 Å². The molecule has 0 atom stereocenters. The van der Waals surface area contributed by atoms with Gasteiger partial charge in [-0.25, -0.2) is 8.42 Å². The van der Waals surface area contributed by atoms with E-state index < -0.39 is 10.0 Å². The number of benzene rings is 1. The molecule has 1 heterocycles. The number of hydrogen-bond donors (Lipinski definition) is 1. The molecule has 0 fully saturated rings. The normalized spacial score (nSPS) is 11.6. The van der Waals surface area contributed by atoms with E-state index in [0.717, 1.165) is 16.6 Å². The van der Waals surface area contributed by atoms with Gasteiger partial charge in [0, 0.05) is 11.1 Å². The van der Waals surface area contributed by atoms with E-state index in [4.69, 9.17) is 0 Å². The molecule has 0 aliphatic heterocycles. The number of nitrogens with one attached hydrogen (secondary N) is 1. The number of pyridine rings is 1. The number of aromatic nitrogens is 1. The summed E-state index contributed by atoms with van der Waals surface area (Å²) in [6.45, 7) is 3.45. The number of hydrogen-bond acceptors (Lipinski definition) is 3. The third kappa shape index (κ3) is 2.55. The molecule has 1 aromatic heterocycles. The van der Waals surface area contributed by atoms with Crippen LogP contribution in [0.1, 0.15) is 12.6 Å². The van der Waals surface area contributed by atoms with Crippen LogP contribution in [0.25, 0.3) is 10.9 Å². The molecule has 2 rings (SSSR count). The van der Waals surface area contributed by atoms with Gasteiger partial charge in [-0.15, -0.1) is 0 Å². The third-order valence-corrected chi connectivity index (χ3v) is 3.78. The summed E-state index contributed by atoms with van der Waals surface area (Å²) in [6.07, 6.45) is 0. The van der Waals surface area contributed by atoms with Crippen LogP contribution in [0.3, 0.4) is 0 Å². The van der Waals surface area contributed by atoms with Crippen molar-refractivity contribution >= 4 is 26.6 Å². The monoisotopic (exact) mass is 250 g/mol. The molecule has 2 aromatic rings. The number of nitrogens with zero attached hydrogens (tertiary/aromatic N) is 1. The highest BCUT2D eigenvalue weighted by Crippen LogP contribution is 2.23. The fraction of sp³-hybridized carbons (Fsp3) is 0.250. The van der Waals surface area contributed by atoms with Crippen molar-refractivity contribution in [2.45, 2.75) is 13.8 Å². The summed E-state index contributed by atoms with van der Waals surface area (Å²) in [6, 6.07) is 9.22. The van der Waals surface area contributed by atoms with Gasteiger partial charge in [-0.05, 0) is 26.0 Å². The largest absolute Gasteiger partial charge is 0.283 e. The Morgan fingerprint density at radius 3 is 2.71 bits per heavy atom. The molecule has 0 spiro atoms. The second kappa shape index (κ2) is 4.33. The number of sulfonamides is 1. The topological polar surface area (TPSA) is 59.1 Å². The Hall–Kier alpha value is -1.62. The van der Waals surface area contributed by atoms with Crippen LogP contribution in [0.5, 0.6) is 0 Å². The van der Waals surface area contributed by atoms with Gasteiger partial charge in [-0.1, -0.05) is 18.2 Å². The van der Waals surface area contributed by atoms with Crippen LogP contribution in [-0.2, 0) is 10.0 Å². The Kier molecular flexibility index (Phi) is 3.02. The molecule has 0 unspecified atom stereocenters. The lowest BCUT2D eigenvalue weighted by Crippen LogP contribution is -2.15. The average Bonchev–Trinajstić information content (AvgIpc) is 2.28. The van der Waals surface area contributed by atoms with Crippen molar-refractivity contribution in [3.8, 4) is 0 Å². The summed E-state index contributed by atoms with van der Waals surface area (Å²) >= 11 is 0. The lowest BCUT2D eigenvalue weighted by Gasteiger charge is -2.10. The first-order valence-electron chi connectivity index (χ1n) is 5.39. The van der Waals surface area contributed by atoms with Gasteiger partial charge in [0.05, 0.1) is 17.0 Å². The van der Waals surface area contributed by atoms with E-state index in [1.54, 1.807) is 13.0 Å². The van der Waals surface area contributed by atoms with E-state index >= 15 is 0 Å². The maximum atomic E-state index is 11.6. The van der Waals surface area contributed by atoms with E-state index in [2.05, 4.69) is 9.71 Å². The zero-order chi connectivity index (χ0) is 12.5. The average molecular weight is 250 g/mol.